The molecule has 1 aliphatic rings. The number of para-hydroxylation sites is 1. The van der Waals surface area contributed by atoms with Crippen molar-refractivity contribution in [1.29, 1.82) is 5.41 Å². The van der Waals surface area contributed by atoms with Crippen LogP contribution in [0.3, 0.4) is 0 Å². The highest BCUT2D eigenvalue weighted by atomic mass is 16.2. The van der Waals surface area contributed by atoms with Crippen LogP contribution in [0.1, 0.15) is 45.9 Å². The van der Waals surface area contributed by atoms with Gasteiger partial charge < -0.3 is 11.1 Å². The summed E-state index contributed by atoms with van der Waals surface area (Å²) in [4.78, 5) is 27.9. The van der Waals surface area contributed by atoms with Crippen molar-refractivity contribution in [3.05, 3.63) is 101 Å². The number of amides is 2. The topological polar surface area (TPSA) is 99.3 Å². The van der Waals surface area contributed by atoms with E-state index in [9.17, 15) is 9.59 Å². The first-order chi connectivity index (χ1) is 15.5. The van der Waals surface area contributed by atoms with E-state index in [2.05, 4.69) is 17.4 Å². The fourth-order valence-electron chi connectivity index (χ4n) is 4.15. The summed E-state index contributed by atoms with van der Waals surface area (Å²) in [6.07, 6.45) is 2.91. The molecule has 32 heavy (non-hydrogen) atoms. The van der Waals surface area contributed by atoms with Crippen LogP contribution in [0.4, 0.5) is 5.69 Å². The van der Waals surface area contributed by atoms with Crippen LogP contribution < -0.4 is 16.0 Å². The van der Waals surface area contributed by atoms with Gasteiger partial charge in [0, 0.05) is 16.8 Å². The maximum absolute atomic E-state index is 13.4. The molecule has 0 aromatic heterocycles. The third-order valence-electron chi connectivity index (χ3n) is 5.74. The molecule has 1 atom stereocenters. The van der Waals surface area contributed by atoms with Crippen molar-refractivity contribution in [3.8, 4) is 0 Å². The molecular formula is C26H26N4O2. The molecule has 4 rings (SSSR count). The van der Waals surface area contributed by atoms with Gasteiger partial charge in [0.1, 0.15) is 12.4 Å². The Morgan fingerprint density at radius 2 is 1.69 bits per heavy atom. The highest BCUT2D eigenvalue weighted by Crippen LogP contribution is 2.29. The third kappa shape index (κ3) is 4.70. The van der Waals surface area contributed by atoms with Crippen molar-refractivity contribution in [1.82, 2.24) is 5.32 Å². The van der Waals surface area contributed by atoms with Gasteiger partial charge >= 0.3 is 0 Å². The zero-order chi connectivity index (χ0) is 22.5. The molecule has 0 saturated heterocycles. The summed E-state index contributed by atoms with van der Waals surface area (Å²) in [6.45, 7) is -0.105. The van der Waals surface area contributed by atoms with Gasteiger partial charge in [-0.25, -0.2) is 0 Å². The van der Waals surface area contributed by atoms with E-state index in [0.717, 1.165) is 24.8 Å². The fraction of sp³-hybridized carbons (Fsp3) is 0.192. The van der Waals surface area contributed by atoms with E-state index in [0.29, 0.717) is 16.8 Å². The molecule has 6 nitrogen and oxygen atoms in total. The van der Waals surface area contributed by atoms with Gasteiger partial charge in [-0.15, -0.1) is 0 Å². The normalized spacial score (nSPS) is 14.8. The summed E-state index contributed by atoms with van der Waals surface area (Å²) < 4.78 is 0. The monoisotopic (exact) mass is 426 g/mol. The number of hydrogen-bond acceptors (Lipinski definition) is 3. The van der Waals surface area contributed by atoms with Crippen molar-refractivity contribution in [3.63, 3.8) is 0 Å². The van der Waals surface area contributed by atoms with E-state index >= 15 is 0 Å². The molecule has 162 valence electrons. The zero-order valence-electron chi connectivity index (χ0n) is 17.8. The lowest BCUT2D eigenvalue weighted by Gasteiger charge is -2.28. The second kappa shape index (κ2) is 9.47. The molecule has 0 spiro atoms. The number of nitrogen functional groups attached to an aromatic ring is 1. The second-order valence-corrected chi connectivity index (χ2v) is 7.93. The number of rotatable bonds is 6. The number of carbonyl (C=O) groups excluding carboxylic acids is 2. The van der Waals surface area contributed by atoms with Gasteiger partial charge in [0.15, 0.2) is 0 Å². The Hall–Kier alpha value is -3.93. The molecule has 0 bridgehead atoms. The summed E-state index contributed by atoms with van der Waals surface area (Å²) in [5.41, 5.74) is 9.47. The first kappa shape index (κ1) is 21.3. The van der Waals surface area contributed by atoms with Gasteiger partial charge in [-0.1, -0.05) is 54.6 Å². The van der Waals surface area contributed by atoms with Crippen LogP contribution in [0, 0.1) is 5.41 Å². The molecule has 0 heterocycles. The molecule has 4 N–H and O–H groups in total. The minimum absolute atomic E-state index is 0.0544. The quantitative estimate of drug-likeness (QED) is 0.413. The van der Waals surface area contributed by atoms with Crippen molar-refractivity contribution >= 4 is 23.3 Å². The van der Waals surface area contributed by atoms with Gasteiger partial charge in [0.25, 0.3) is 5.91 Å². The molecule has 1 aliphatic carbocycles. The van der Waals surface area contributed by atoms with Crippen LogP contribution in [-0.4, -0.2) is 24.2 Å². The minimum atomic E-state index is -0.321. The number of amidine groups is 1. The molecule has 6 heteroatoms. The van der Waals surface area contributed by atoms with Crippen LogP contribution in [0.25, 0.3) is 0 Å². The number of fused-ring (bicyclic) bond motifs is 1. The van der Waals surface area contributed by atoms with E-state index in [4.69, 9.17) is 11.1 Å². The van der Waals surface area contributed by atoms with Crippen molar-refractivity contribution in [2.24, 2.45) is 5.73 Å². The minimum Gasteiger partial charge on any atom is -0.384 e. The summed E-state index contributed by atoms with van der Waals surface area (Å²) in [5.74, 6) is -0.648. The Labute approximate surface area is 187 Å². The molecule has 3 aromatic rings. The Balaban J connectivity index is 1.57. The van der Waals surface area contributed by atoms with E-state index in [1.165, 1.54) is 10.5 Å². The van der Waals surface area contributed by atoms with Gasteiger partial charge in [0.2, 0.25) is 5.91 Å². The number of nitrogens with two attached hydrogens (primary N) is 1. The molecule has 0 aliphatic heterocycles. The predicted octanol–water partition coefficient (Wildman–Crippen LogP) is 3.81. The second-order valence-electron chi connectivity index (χ2n) is 7.93. The largest absolute Gasteiger partial charge is 0.384 e. The Morgan fingerprint density at radius 1 is 0.969 bits per heavy atom. The lowest BCUT2D eigenvalue weighted by Crippen LogP contribution is -2.42. The highest BCUT2D eigenvalue weighted by molar-refractivity contribution is 6.10. The standard InChI is InChI=1S/C26H26N4O2/c27-25(28)19-10-6-11-20(16-19)26(32)30(21-12-2-1-3-13-21)17-24(31)29-23-15-7-9-18-8-4-5-14-22(18)23/h1-6,8,10-14,16,23H,7,9,15,17H2,(H3,27,28)(H,29,31). The van der Waals surface area contributed by atoms with Gasteiger partial charge in [-0.2, -0.15) is 0 Å². The summed E-state index contributed by atoms with van der Waals surface area (Å²) in [6, 6.07) is 23.9. The zero-order valence-corrected chi connectivity index (χ0v) is 17.8. The number of benzene rings is 3. The molecule has 0 saturated carbocycles. The molecule has 3 aromatic carbocycles. The van der Waals surface area contributed by atoms with Crippen molar-refractivity contribution in [2.75, 3.05) is 11.4 Å². The Morgan fingerprint density at radius 3 is 2.47 bits per heavy atom. The number of nitrogens with one attached hydrogen (secondary N) is 2. The fourth-order valence-corrected chi connectivity index (χ4v) is 4.15. The van der Waals surface area contributed by atoms with Crippen LogP contribution in [0.15, 0.2) is 78.9 Å². The maximum Gasteiger partial charge on any atom is 0.258 e. The highest BCUT2D eigenvalue weighted by Gasteiger charge is 2.25. The lowest BCUT2D eigenvalue weighted by molar-refractivity contribution is -0.120. The average molecular weight is 427 g/mol. The Bertz CT molecular complexity index is 1140. The molecular weight excluding hydrogens is 400 g/mol. The first-order valence-electron chi connectivity index (χ1n) is 10.7. The molecule has 0 radical (unpaired) electrons. The van der Waals surface area contributed by atoms with E-state index in [1.54, 1.807) is 36.4 Å². The number of hydrogen-bond donors (Lipinski definition) is 3. The maximum atomic E-state index is 13.4. The van der Waals surface area contributed by atoms with E-state index < -0.39 is 0 Å². The predicted molar refractivity (Wildman–Crippen MR) is 126 cm³/mol. The third-order valence-corrected chi connectivity index (χ3v) is 5.74. The molecule has 1 unspecified atom stereocenters. The molecule has 0 fully saturated rings. The number of carbonyl (C=O) groups is 2. The molecule has 2 amide bonds. The van der Waals surface area contributed by atoms with Crippen LogP contribution >= 0.6 is 0 Å². The lowest BCUT2D eigenvalue weighted by atomic mass is 9.88. The van der Waals surface area contributed by atoms with Crippen LogP contribution in [0.5, 0.6) is 0 Å². The van der Waals surface area contributed by atoms with E-state index in [1.807, 2.05) is 30.3 Å². The van der Waals surface area contributed by atoms with Gasteiger partial charge in [0.05, 0.1) is 6.04 Å². The van der Waals surface area contributed by atoms with Crippen molar-refractivity contribution in [2.45, 2.75) is 25.3 Å². The van der Waals surface area contributed by atoms with Gasteiger partial charge in [-0.05, 0) is 54.7 Å². The number of nitrogens with zero attached hydrogens (tertiary/aromatic N) is 1. The number of aryl methyl sites for hydroxylation is 1. The Kier molecular flexibility index (Phi) is 6.31. The summed E-state index contributed by atoms with van der Waals surface area (Å²) in [5, 5.41) is 10.8. The first-order valence-corrected chi connectivity index (χ1v) is 10.7. The van der Waals surface area contributed by atoms with Crippen LogP contribution in [-0.2, 0) is 11.2 Å². The average Bonchev–Trinajstić information content (AvgIpc) is 2.83. The SMILES string of the molecule is N=C(N)c1cccc(C(=O)N(CC(=O)NC2CCCc3ccccc32)c2ccccc2)c1. The smallest absolute Gasteiger partial charge is 0.258 e. The van der Waals surface area contributed by atoms with Crippen molar-refractivity contribution < 1.29 is 9.59 Å². The van der Waals surface area contributed by atoms with Crippen LogP contribution in [0.2, 0.25) is 0 Å². The summed E-state index contributed by atoms with van der Waals surface area (Å²) >= 11 is 0. The van der Waals surface area contributed by atoms with E-state index in [-0.39, 0.29) is 30.2 Å². The number of anilines is 1. The summed E-state index contributed by atoms with van der Waals surface area (Å²) in [7, 11) is 0. The van der Waals surface area contributed by atoms with Gasteiger partial charge in [-0.3, -0.25) is 19.9 Å².